The van der Waals surface area contributed by atoms with Gasteiger partial charge in [-0.3, -0.25) is 10.1 Å². The number of fused-ring (bicyclic) bond motifs is 1. The van der Waals surface area contributed by atoms with E-state index in [1.807, 2.05) is 85.8 Å². The molecule has 0 bridgehead atoms. The number of benzene rings is 3. The van der Waals surface area contributed by atoms with Crippen LogP contribution in [0.1, 0.15) is 42.1 Å². The summed E-state index contributed by atoms with van der Waals surface area (Å²) in [6.45, 7) is 4.16. The van der Waals surface area contributed by atoms with E-state index in [1.165, 1.54) is 7.11 Å². The van der Waals surface area contributed by atoms with Gasteiger partial charge >= 0.3 is 6.03 Å². The number of amides is 3. The standard InChI is InChI=1S/C34H36N6O3/c1-4-5-8-26-21-32(40(39-26)27-14-11-23(2)12-15-27)38-34(42)36-30-16-13-25(28-9-6-7-10-29(28)30)19-24-17-18-35-31(20-24)37-33(41)22-43-3/h6-7,9-18,20-21H,4-5,8,19,22H2,1-3H3,(H,35,37,41)(H2,36,38,42). The van der Waals surface area contributed by atoms with E-state index < -0.39 is 0 Å². The third-order valence-corrected chi connectivity index (χ3v) is 7.09. The molecule has 0 aliphatic heterocycles. The third kappa shape index (κ3) is 7.44. The molecule has 3 N–H and O–H groups in total. The molecule has 0 atom stereocenters. The number of aromatic nitrogens is 3. The lowest BCUT2D eigenvalue weighted by Gasteiger charge is -2.14. The molecule has 0 aliphatic carbocycles. The number of aryl methyl sites for hydroxylation is 2. The Kier molecular flexibility index (Phi) is 9.43. The molecule has 0 saturated heterocycles. The van der Waals surface area contributed by atoms with Crippen molar-refractivity contribution in [1.29, 1.82) is 0 Å². The smallest absolute Gasteiger partial charge is 0.324 e. The Balaban J connectivity index is 1.36. The number of unbranched alkanes of at least 4 members (excludes halogenated alkanes) is 1. The second-order valence-corrected chi connectivity index (χ2v) is 10.5. The number of pyridine rings is 1. The van der Waals surface area contributed by atoms with E-state index in [2.05, 4.69) is 27.9 Å². The van der Waals surface area contributed by atoms with Crippen molar-refractivity contribution in [1.82, 2.24) is 14.8 Å². The lowest BCUT2D eigenvalue weighted by molar-refractivity contribution is -0.119. The summed E-state index contributed by atoms with van der Waals surface area (Å²) in [6.07, 6.45) is 5.24. The minimum atomic E-state index is -0.348. The number of methoxy groups -OCH3 is 1. The Bertz CT molecular complexity index is 1730. The number of rotatable bonds is 11. The predicted molar refractivity (Wildman–Crippen MR) is 171 cm³/mol. The molecule has 0 aliphatic rings. The molecule has 0 unspecified atom stereocenters. The molecule has 2 heterocycles. The average molecular weight is 577 g/mol. The van der Waals surface area contributed by atoms with Crippen LogP contribution < -0.4 is 16.0 Å². The molecule has 0 fully saturated rings. The van der Waals surface area contributed by atoms with Crippen LogP contribution in [0.4, 0.5) is 22.1 Å². The van der Waals surface area contributed by atoms with Crippen molar-refractivity contribution in [3.05, 3.63) is 107 Å². The third-order valence-electron chi connectivity index (χ3n) is 7.09. The van der Waals surface area contributed by atoms with Crippen LogP contribution in [-0.2, 0) is 22.4 Å². The van der Waals surface area contributed by atoms with E-state index in [0.29, 0.717) is 23.7 Å². The Hall–Kier alpha value is -5.02. The van der Waals surface area contributed by atoms with Gasteiger partial charge in [-0.25, -0.2) is 14.5 Å². The molecule has 43 heavy (non-hydrogen) atoms. The quantitative estimate of drug-likeness (QED) is 0.159. The van der Waals surface area contributed by atoms with Crippen molar-refractivity contribution in [2.45, 2.75) is 39.5 Å². The highest BCUT2D eigenvalue weighted by molar-refractivity contribution is 6.06. The number of carbonyl (C=O) groups excluding carboxylic acids is 2. The van der Waals surface area contributed by atoms with Gasteiger partial charge in [-0.1, -0.05) is 61.4 Å². The van der Waals surface area contributed by atoms with E-state index in [4.69, 9.17) is 9.84 Å². The fourth-order valence-corrected chi connectivity index (χ4v) is 4.96. The number of hydrogen-bond acceptors (Lipinski definition) is 5. The number of ether oxygens (including phenoxy) is 1. The first-order chi connectivity index (χ1) is 20.9. The summed E-state index contributed by atoms with van der Waals surface area (Å²) in [5.41, 5.74) is 5.75. The lowest BCUT2D eigenvalue weighted by Crippen LogP contribution is -2.21. The largest absolute Gasteiger partial charge is 0.375 e. The fourth-order valence-electron chi connectivity index (χ4n) is 4.96. The van der Waals surface area contributed by atoms with Gasteiger partial charge in [0.1, 0.15) is 18.2 Å². The van der Waals surface area contributed by atoms with Crippen molar-refractivity contribution in [2.24, 2.45) is 0 Å². The van der Waals surface area contributed by atoms with Gasteiger partial charge in [0.2, 0.25) is 0 Å². The highest BCUT2D eigenvalue weighted by Gasteiger charge is 2.15. The van der Waals surface area contributed by atoms with Gasteiger partial charge in [0, 0.05) is 24.8 Å². The number of hydrogen-bond donors (Lipinski definition) is 3. The molecule has 0 radical (unpaired) electrons. The normalized spacial score (nSPS) is 11.0. The van der Waals surface area contributed by atoms with Crippen molar-refractivity contribution in [3.8, 4) is 5.69 Å². The van der Waals surface area contributed by atoms with E-state index >= 15 is 0 Å². The number of urea groups is 1. The summed E-state index contributed by atoms with van der Waals surface area (Å²) < 4.78 is 6.67. The molecule has 2 aromatic heterocycles. The van der Waals surface area contributed by atoms with Crippen molar-refractivity contribution >= 4 is 40.0 Å². The van der Waals surface area contributed by atoms with E-state index in [1.54, 1.807) is 10.9 Å². The molecule has 9 heteroatoms. The van der Waals surface area contributed by atoms with Gasteiger partial charge in [0.15, 0.2) is 0 Å². The summed E-state index contributed by atoms with van der Waals surface area (Å²) in [6, 6.07) is 25.4. The maximum Gasteiger partial charge on any atom is 0.324 e. The topological polar surface area (TPSA) is 110 Å². The van der Waals surface area contributed by atoms with Crippen molar-refractivity contribution < 1.29 is 14.3 Å². The number of carbonyl (C=O) groups is 2. The summed E-state index contributed by atoms with van der Waals surface area (Å²) in [4.78, 5) is 29.5. The van der Waals surface area contributed by atoms with Gasteiger partial charge < -0.3 is 15.4 Å². The maximum atomic E-state index is 13.3. The van der Waals surface area contributed by atoms with Gasteiger partial charge in [-0.2, -0.15) is 5.10 Å². The molecule has 9 nitrogen and oxygen atoms in total. The van der Waals surface area contributed by atoms with Crippen molar-refractivity contribution in [3.63, 3.8) is 0 Å². The maximum absolute atomic E-state index is 13.3. The second kappa shape index (κ2) is 13.8. The zero-order valence-corrected chi connectivity index (χ0v) is 24.7. The van der Waals surface area contributed by atoms with E-state index in [-0.39, 0.29) is 18.5 Å². The molecule has 5 rings (SSSR count). The average Bonchev–Trinajstić information content (AvgIpc) is 3.40. The zero-order valence-electron chi connectivity index (χ0n) is 24.7. The summed E-state index contributed by atoms with van der Waals surface area (Å²) in [7, 11) is 1.47. The van der Waals surface area contributed by atoms with Crippen LogP contribution >= 0.6 is 0 Å². The molecular weight excluding hydrogens is 540 g/mol. The van der Waals surface area contributed by atoms with Crippen LogP contribution in [0.25, 0.3) is 16.5 Å². The SMILES string of the molecule is CCCCc1cc(NC(=O)Nc2ccc(Cc3ccnc(NC(=O)COC)c3)c3ccccc23)n(-c2ccc(C)cc2)n1. The van der Waals surface area contributed by atoms with Crippen LogP contribution in [0.3, 0.4) is 0 Å². The first kappa shape index (κ1) is 29.5. The number of nitrogens with one attached hydrogen (secondary N) is 3. The first-order valence-electron chi connectivity index (χ1n) is 14.4. The Labute approximate surface area is 251 Å². The predicted octanol–water partition coefficient (Wildman–Crippen LogP) is 6.89. The molecule has 220 valence electrons. The molecule has 3 aromatic carbocycles. The van der Waals surface area contributed by atoms with Gasteiger partial charge in [-0.05, 0) is 73.0 Å². The van der Waals surface area contributed by atoms with Gasteiger partial charge in [0.25, 0.3) is 5.91 Å². The summed E-state index contributed by atoms with van der Waals surface area (Å²) in [5.74, 6) is 0.825. The molecule has 0 spiro atoms. The van der Waals surface area contributed by atoms with Gasteiger partial charge in [-0.15, -0.1) is 0 Å². The van der Waals surface area contributed by atoms with Crippen LogP contribution in [0, 0.1) is 6.92 Å². The first-order valence-corrected chi connectivity index (χ1v) is 14.4. The Morgan fingerprint density at radius 2 is 1.70 bits per heavy atom. The zero-order chi connectivity index (χ0) is 30.2. The minimum absolute atomic E-state index is 0.0348. The highest BCUT2D eigenvalue weighted by atomic mass is 16.5. The second-order valence-electron chi connectivity index (χ2n) is 10.5. The molecule has 5 aromatic rings. The monoisotopic (exact) mass is 576 g/mol. The number of nitrogens with zero attached hydrogens (tertiary/aromatic N) is 3. The summed E-state index contributed by atoms with van der Waals surface area (Å²) >= 11 is 0. The number of anilines is 3. The Morgan fingerprint density at radius 1 is 0.907 bits per heavy atom. The molecule has 0 saturated carbocycles. The van der Waals surface area contributed by atoms with Gasteiger partial charge in [0.05, 0.1) is 17.1 Å². The van der Waals surface area contributed by atoms with Crippen LogP contribution in [0.5, 0.6) is 0 Å². The fraction of sp³-hybridized carbons (Fsp3) is 0.235. The van der Waals surface area contributed by atoms with E-state index in [9.17, 15) is 9.59 Å². The summed E-state index contributed by atoms with van der Waals surface area (Å²) in [5, 5.41) is 15.5. The highest BCUT2D eigenvalue weighted by Crippen LogP contribution is 2.29. The van der Waals surface area contributed by atoms with Crippen molar-refractivity contribution in [2.75, 3.05) is 29.7 Å². The van der Waals surface area contributed by atoms with Crippen LogP contribution in [-0.4, -0.2) is 40.4 Å². The Morgan fingerprint density at radius 3 is 2.47 bits per heavy atom. The minimum Gasteiger partial charge on any atom is -0.375 e. The lowest BCUT2D eigenvalue weighted by atomic mass is 9.97. The molecule has 3 amide bonds. The molecular formula is C34H36N6O3. The van der Waals surface area contributed by atoms with Crippen LogP contribution in [0.15, 0.2) is 85.1 Å². The van der Waals surface area contributed by atoms with E-state index in [0.717, 1.165) is 58.1 Å². The van der Waals surface area contributed by atoms with Crippen LogP contribution in [0.2, 0.25) is 0 Å².